The van der Waals surface area contributed by atoms with E-state index in [0.29, 0.717) is 63.7 Å². The number of nitrogens with one attached hydrogen (secondary N) is 2. The van der Waals surface area contributed by atoms with Crippen LogP contribution < -0.4 is 10.6 Å². The Balaban J connectivity index is 1.41. The van der Waals surface area contributed by atoms with Gasteiger partial charge >= 0.3 is 6.18 Å². The summed E-state index contributed by atoms with van der Waals surface area (Å²) in [6, 6.07) is 15.8. The van der Waals surface area contributed by atoms with E-state index >= 15 is 0 Å². The van der Waals surface area contributed by atoms with Crippen LogP contribution in [-0.2, 0) is 25.2 Å². The van der Waals surface area contributed by atoms with Crippen molar-refractivity contribution in [2.75, 3.05) is 53.2 Å². The first kappa shape index (κ1) is 29.1. The van der Waals surface area contributed by atoms with Gasteiger partial charge in [0.05, 0.1) is 38.6 Å². The van der Waals surface area contributed by atoms with Gasteiger partial charge in [0.2, 0.25) is 5.91 Å². The lowest BCUT2D eigenvalue weighted by atomic mass is 9.96. The molecule has 38 heavy (non-hydrogen) atoms. The van der Waals surface area contributed by atoms with Crippen LogP contribution in [0.5, 0.6) is 0 Å². The Morgan fingerprint density at radius 2 is 1.50 bits per heavy atom. The quantitative estimate of drug-likeness (QED) is 0.300. The second-order valence-corrected chi connectivity index (χ2v) is 8.39. The summed E-state index contributed by atoms with van der Waals surface area (Å²) < 4.78 is 54.3. The van der Waals surface area contributed by atoms with Gasteiger partial charge in [-0.1, -0.05) is 36.4 Å². The minimum atomic E-state index is -4.39. The molecule has 0 saturated heterocycles. The third-order valence-electron chi connectivity index (χ3n) is 5.67. The molecule has 7 nitrogen and oxygen atoms in total. The third-order valence-corrected chi connectivity index (χ3v) is 5.67. The lowest BCUT2D eigenvalue weighted by Crippen LogP contribution is -2.29. The molecule has 0 fully saturated rings. The number of hydrogen-bond donors (Lipinski definition) is 2. The SMILES string of the molecule is COCCC(=O)NCCOCCOCCNC(=O)c1ccc2c(-c3ccc(C(F)(F)F)cc3)cccc2c1. The van der Waals surface area contributed by atoms with Crippen molar-refractivity contribution >= 4 is 22.6 Å². The van der Waals surface area contributed by atoms with Crippen LogP contribution in [-0.4, -0.2) is 65.0 Å². The predicted octanol–water partition coefficient (Wildman–Crippen LogP) is 4.44. The summed E-state index contributed by atoms with van der Waals surface area (Å²) in [7, 11) is 1.54. The van der Waals surface area contributed by atoms with Gasteiger partial charge in [-0.05, 0) is 46.2 Å². The fourth-order valence-electron chi connectivity index (χ4n) is 3.72. The van der Waals surface area contributed by atoms with Gasteiger partial charge in [0.15, 0.2) is 0 Å². The van der Waals surface area contributed by atoms with Crippen LogP contribution in [0.4, 0.5) is 13.2 Å². The van der Waals surface area contributed by atoms with Gasteiger partial charge in [-0.25, -0.2) is 0 Å². The van der Waals surface area contributed by atoms with Gasteiger partial charge in [-0.15, -0.1) is 0 Å². The fourth-order valence-corrected chi connectivity index (χ4v) is 3.72. The molecule has 0 aliphatic heterocycles. The van der Waals surface area contributed by atoms with Crippen LogP contribution in [0.15, 0.2) is 60.7 Å². The lowest BCUT2D eigenvalue weighted by Gasteiger charge is -2.11. The number of amides is 2. The van der Waals surface area contributed by atoms with Crippen molar-refractivity contribution in [3.8, 4) is 11.1 Å². The van der Waals surface area contributed by atoms with Crippen molar-refractivity contribution in [1.82, 2.24) is 10.6 Å². The van der Waals surface area contributed by atoms with E-state index in [9.17, 15) is 22.8 Å². The molecule has 0 aliphatic rings. The fraction of sp³-hybridized carbons (Fsp3) is 0.357. The standard InChI is InChI=1S/C28H31F3N2O5/c1-36-14-11-26(34)32-12-15-37-17-18-38-16-13-33-27(35)22-7-10-25-21(19-22)3-2-4-24(25)20-5-8-23(9-6-20)28(29,30)31/h2-10,19H,11-18H2,1H3,(H,32,34)(H,33,35). The van der Waals surface area contributed by atoms with Gasteiger partial charge in [0, 0.05) is 32.2 Å². The topological polar surface area (TPSA) is 85.9 Å². The van der Waals surface area contributed by atoms with E-state index in [2.05, 4.69) is 10.6 Å². The monoisotopic (exact) mass is 532 g/mol. The zero-order chi connectivity index (χ0) is 27.4. The van der Waals surface area contributed by atoms with Crippen molar-refractivity contribution in [2.45, 2.75) is 12.6 Å². The molecule has 0 radical (unpaired) electrons. The average molecular weight is 533 g/mol. The van der Waals surface area contributed by atoms with Crippen LogP contribution in [0, 0.1) is 0 Å². The summed E-state index contributed by atoms with van der Waals surface area (Å²) in [5.74, 6) is -0.343. The van der Waals surface area contributed by atoms with Gasteiger partial charge in [-0.3, -0.25) is 9.59 Å². The first-order valence-corrected chi connectivity index (χ1v) is 12.2. The summed E-state index contributed by atoms with van der Waals surface area (Å²) in [6.45, 7) is 2.53. The van der Waals surface area contributed by atoms with E-state index in [1.54, 1.807) is 18.2 Å². The molecule has 0 aromatic heterocycles. The van der Waals surface area contributed by atoms with E-state index < -0.39 is 11.7 Å². The van der Waals surface area contributed by atoms with Crippen molar-refractivity contribution < 1.29 is 37.0 Å². The largest absolute Gasteiger partial charge is 0.416 e. The molecule has 3 aromatic rings. The van der Waals surface area contributed by atoms with Crippen LogP contribution in [0.3, 0.4) is 0 Å². The predicted molar refractivity (Wildman–Crippen MR) is 138 cm³/mol. The summed E-state index contributed by atoms with van der Waals surface area (Å²) in [5, 5.41) is 7.16. The molecule has 0 spiro atoms. The maximum Gasteiger partial charge on any atom is 0.416 e. The number of alkyl halides is 3. The first-order valence-electron chi connectivity index (χ1n) is 12.2. The first-order chi connectivity index (χ1) is 18.3. The second kappa shape index (κ2) is 14.5. The molecule has 0 heterocycles. The molecule has 2 amide bonds. The maximum absolute atomic E-state index is 12.9. The number of fused-ring (bicyclic) bond motifs is 1. The van der Waals surface area contributed by atoms with Crippen LogP contribution in [0.2, 0.25) is 0 Å². The van der Waals surface area contributed by atoms with E-state index in [1.807, 2.05) is 18.2 Å². The minimum Gasteiger partial charge on any atom is -0.384 e. The zero-order valence-electron chi connectivity index (χ0n) is 21.1. The second-order valence-electron chi connectivity index (χ2n) is 8.39. The molecule has 0 atom stereocenters. The van der Waals surface area contributed by atoms with Crippen LogP contribution in [0.25, 0.3) is 21.9 Å². The Morgan fingerprint density at radius 1 is 0.816 bits per heavy atom. The van der Waals surface area contributed by atoms with Gasteiger partial charge in [0.1, 0.15) is 0 Å². The molecule has 204 valence electrons. The van der Waals surface area contributed by atoms with Gasteiger partial charge in [-0.2, -0.15) is 13.2 Å². The van der Waals surface area contributed by atoms with E-state index in [-0.39, 0.29) is 11.8 Å². The highest BCUT2D eigenvalue weighted by molar-refractivity contribution is 6.02. The minimum absolute atomic E-state index is 0.0894. The maximum atomic E-state index is 12.9. The number of carbonyl (C=O) groups excluding carboxylic acids is 2. The molecule has 10 heteroatoms. The Kier molecular flexibility index (Phi) is 11.1. The third kappa shape index (κ3) is 8.83. The van der Waals surface area contributed by atoms with Crippen LogP contribution in [0.1, 0.15) is 22.3 Å². The molecular weight excluding hydrogens is 501 g/mol. The number of halogens is 3. The number of carbonyl (C=O) groups is 2. The number of methoxy groups -OCH3 is 1. The number of hydrogen-bond acceptors (Lipinski definition) is 5. The van der Waals surface area contributed by atoms with E-state index in [4.69, 9.17) is 14.2 Å². The molecule has 3 aromatic carbocycles. The van der Waals surface area contributed by atoms with Gasteiger partial charge in [0.25, 0.3) is 5.91 Å². The Morgan fingerprint density at radius 3 is 2.16 bits per heavy atom. The van der Waals surface area contributed by atoms with Crippen molar-refractivity contribution in [3.05, 3.63) is 71.8 Å². The normalized spacial score (nSPS) is 11.5. The highest BCUT2D eigenvalue weighted by Crippen LogP contribution is 2.33. The lowest BCUT2D eigenvalue weighted by molar-refractivity contribution is -0.137. The summed E-state index contributed by atoms with van der Waals surface area (Å²) in [5.41, 5.74) is 1.22. The van der Waals surface area contributed by atoms with E-state index in [0.717, 1.165) is 28.5 Å². The molecule has 0 saturated carbocycles. The average Bonchev–Trinajstić information content (AvgIpc) is 2.91. The Bertz CT molecular complexity index is 1200. The Hall–Kier alpha value is -3.47. The molecule has 0 aliphatic carbocycles. The molecule has 0 unspecified atom stereocenters. The smallest absolute Gasteiger partial charge is 0.384 e. The number of benzene rings is 3. The number of ether oxygens (including phenoxy) is 3. The summed E-state index contributed by atoms with van der Waals surface area (Å²) in [6.07, 6.45) is -4.07. The van der Waals surface area contributed by atoms with Crippen molar-refractivity contribution in [1.29, 1.82) is 0 Å². The highest BCUT2D eigenvalue weighted by Gasteiger charge is 2.30. The van der Waals surface area contributed by atoms with Crippen LogP contribution >= 0.6 is 0 Å². The van der Waals surface area contributed by atoms with Gasteiger partial charge < -0.3 is 24.8 Å². The molecule has 3 rings (SSSR count). The Labute approximate surface area is 219 Å². The number of rotatable bonds is 14. The van der Waals surface area contributed by atoms with Crippen molar-refractivity contribution in [2.24, 2.45) is 0 Å². The van der Waals surface area contributed by atoms with Crippen molar-refractivity contribution in [3.63, 3.8) is 0 Å². The summed E-state index contributed by atoms with van der Waals surface area (Å²) >= 11 is 0. The highest BCUT2D eigenvalue weighted by atomic mass is 19.4. The van der Waals surface area contributed by atoms with E-state index in [1.165, 1.54) is 19.2 Å². The zero-order valence-corrected chi connectivity index (χ0v) is 21.1. The summed E-state index contributed by atoms with van der Waals surface area (Å²) in [4.78, 5) is 24.0. The molecule has 2 N–H and O–H groups in total. The molecular formula is C28H31F3N2O5. The molecule has 0 bridgehead atoms.